The van der Waals surface area contributed by atoms with Gasteiger partial charge in [-0.15, -0.1) is 0 Å². The quantitative estimate of drug-likeness (QED) is 0.0212. The monoisotopic (exact) mass is 1210 g/mol. The molecule has 0 bridgehead atoms. The molecule has 0 fully saturated rings. The van der Waals surface area contributed by atoms with Crippen molar-refractivity contribution in [1.29, 1.82) is 0 Å². The fraction of sp³-hybridized carbons (Fsp3) is 0.813. The Bertz CT molecular complexity index is 1680. The first-order valence-electron chi connectivity index (χ1n) is 36.2. The van der Waals surface area contributed by atoms with Gasteiger partial charge in [0.2, 0.25) is 5.91 Å². The van der Waals surface area contributed by atoms with E-state index in [0.717, 1.165) is 83.5 Å². The SMILES string of the molecule is CCCCC/C=C\C/C=C\C/C=C\C/C=C\CCCCCCCCCCCCCC(=O)NC(COP(=O)([O-])OCC[N+](C)(C)C)C(/C=C\CCCCCCCCCCCCC)OC(=O)CCCCCCCCCCC/C=C/CCCCCCCC. The predicted octanol–water partition coefficient (Wildman–Crippen LogP) is 22.5. The summed E-state index contributed by atoms with van der Waals surface area (Å²) in [4.78, 5) is 40.2. The summed E-state index contributed by atoms with van der Waals surface area (Å²) in [5, 5.41) is 3.05. The molecule has 496 valence electrons. The fourth-order valence-electron chi connectivity index (χ4n) is 10.5. The molecule has 0 heterocycles. The van der Waals surface area contributed by atoms with Crippen LogP contribution in [-0.2, 0) is 27.9 Å². The van der Waals surface area contributed by atoms with Crippen molar-refractivity contribution >= 4 is 19.7 Å². The van der Waals surface area contributed by atoms with Crippen LogP contribution in [0.4, 0.5) is 0 Å². The smallest absolute Gasteiger partial charge is 0.306 e. The second-order valence-corrected chi connectivity index (χ2v) is 27.1. The Balaban J connectivity index is 5.07. The summed E-state index contributed by atoms with van der Waals surface area (Å²) in [5.41, 5.74) is 0. The Morgan fingerprint density at radius 1 is 0.412 bits per heavy atom. The van der Waals surface area contributed by atoms with Crippen LogP contribution in [0.1, 0.15) is 342 Å². The minimum absolute atomic E-state index is 0.0241. The van der Waals surface area contributed by atoms with E-state index in [2.05, 4.69) is 86.8 Å². The van der Waals surface area contributed by atoms with Crippen LogP contribution < -0.4 is 10.2 Å². The van der Waals surface area contributed by atoms with Crippen molar-refractivity contribution in [3.63, 3.8) is 0 Å². The van der Waals surface area contributed by atoms with Gasteiger partial charge in [-0.05, 0) is 102 Å². The molecule has 10 heteroatoms. The van der Waals surface area contributed by atoms with Crippen molar-refractivity contribution < 1.29 is 37.3 Å². The second kappa shape index (κ2) is 64.4. The molecule has 0 aliphatic heterocycles. The number of amides is 1. The highest BCUT2D eigenvalue weighted by Crippen LogP contribution is 2.38. The number of phosphoric acid groups is 1. The number of quaternary nitrogens is 1. The Labute approximate surface area is 527 Å². The fourth-order valence-corrected chi connectivity index (χ4v) is 11.2. The number of rotatable bonds is 66. The number of nitrogens with zero attached hydrogens (tertiary/aromatic N) is 1. The molecule has 85 heavy (non-hydrogen) atoms. The first kappa shape index (κ1) is 82.5. The number of nitrogens with one attached hydrogen (secondary N) is 1. The van der Waals surface area contributed by atoms with Crippen molar-refractivity contribution in [3.8, 4) is 0 Å². The molecule has 0 aromatic carbocycles. The van der Waals surface area contributed by atoms with Crippen LogP contribution in [0.5, 0.6) is 0 Å². The second-order valence-electron chi connectivity index (χ2n) is 25.7. The van der Waals surface area contributed by atoms with Gasteiger partial charge in [0.1, 0.15) is 19.3 Å². The summed E-state index contributed by atoms with van der Waals surface area (Å²) in [7, 11) is 1.19. The first-order chi connectivity index (χ1) is 41.4. The van der Waals surface area contributed by atoms with Crippen LogP contribution in [-0.4, -0.2) is 69.4 Å². The normalized spacial score (nSPS) is 13.9. The zero-order valence-corrected chi connectivity index (χ0v) is 57.7. The number of esters is 1. The van der Waals surface area contributed by atoms with Crippen LogP contribution in [0.2, 0.25) is 0 Å². The molecule has 3 unspecified atom stereocenters. The van der Waals surface area contributed by atoms with E-state index in [-0.39, 0.29) is 31.5 Å². The molecule has 1 amide bonds. The van der Waals surface area contributed by atoms with Crippen LogP contribution >= 0.6 is 7.82 Å². The Morgan fingerprint density at radius 3 is 1.11 bits per heavy atom. The summed E-state index contributed by atoms with van der Waals surface area (Å²) < 4.78 is 30.5. The summed E-state index contributed by atoms with van der Waals surface area (Å²) in [6, 6.07) is -0.894. The summed E-state index contributed by atoms with van der Waals surface area (Å²) in [6.07, 6.45) is 84.5. The first-order valence-corrected chi connectivity index (χ1v) is 37.7. The van der Waals surface area contributed by atoms with E-state index in [0.29, 0.717) is 17.4 Å². The zero-order chi connectivity index (χ0) is 62.1. The molecule has 9 nitrogen and oxygen atoms in total. The minimum atomic E-state index is -4.71. The number of likely N-dealkylation sites (N-methyl/N-ethyl adjacent to an activating group) is 1. The third-order valence-corrected chi connectivity index (χ3v) is 17.1. The van der Waals surface area contributed by atoms with Gasteiger partial charge >= 0.3 is 5.97 Å². The lowest BCUT2D eigenvalue weighted by Crippen LogP contribution is -2.47. The van der Waals surface area contributed by atoms with Gasteiger partial charge < -0.3 is 28.5 Å². The van der Waals surface area contributed by atoms with E-state index < -0.39 is 20.0 Å². The van der Waals surface area contributed by atoms with Crippen LogP contribution in [0.3, 0.4) is 0 Å². The number of hydrogen-bond donors (Lipinski definition) is 1. The van der Waals surface area contributed by atoms with Gasteiger partial charge in [0.25, 0.3) is 7.82 Å². The predicted molar refractivity (Wildman–Crippen MR) is 367 cm³/mol. The van der Waals surface area contributed by atoms with Crippen LogP contribution in [0.25, 0.3) is 0 Å². The van der Waals surface area contributed by atoms with E-state index in [1.54, 1.807) is 0 Å². The molecule has 0 aliphatic rings. The maximum absolute atomic E-state index is 13.6. The maximum Gasteiger partial charge on any atom is 0.306 e. The van der Waals surface area contributed by atoms with Gasteiger partial charge in [0, 0.05) is 12.8 Å². The summed E-state index contributed by atoms with van der Waals surface area (Å²) in [6.45, 7) is 6.85. The third-order valence-electron chi connectivity index (χ3n) is 16.1. The van der Waals surface area contributed by atoms with Crippen molar-refractivity contribution in [2.75, 3.05) is 40.9 Å². The Kier molecular flexibility index (Phi) is 62.5. The summed E-state index contributed by atoms with van der Waals surface area (Å²) >= 11 is 0. The van der Waals surface area contributed by atoms with Crippen molar-refractivity contribution in [3.05, 3.63) is 72.9 Å². The molecule has 0 aromatic rings. The van der Waals surface area contributed by atoms with Gasteiger partial charge in [-0.2, -0.15) is 0 Å². The summed E-state index contributed by atoms with van der Waals surface area (Å²) in [5.74, 6) is -0.536. The standard InChI is InChI=1S/C75H139N2O7P/c1-7-10-13-16-19-22-25-28-30-32-34-35-36-37-38-39-40-41-43-44-46-49-52-55-58-61-64-67-74(78)76-72(71-83-85(80,81)82-70-69-77(4,5)6)73(66-63-60-57-54-51-48-27-24-21-18-15-12-9-3)84-75(79)68-65-62-59-56-53-50-47-45-42-33-31-29-26-23-20-17-14-11-8-2/h19,22,28-31,34-35,37-38,63,66,72-73H,7-18,20-21,23-27,32-33,36,39-62,64-65,67-71H2,1-6H3,(H-,76,78,80,81)/b22-19-,30-28-,31-29+,35-34-,38-37-,66-63-. The lowest BCUT2D eigenvalue weighted by atomic mass is 10.0. The molecule has 3 atom stereocenters. The number of phosphoric ester groups is 1. The van der Waals surface area contributed by atoms with E-state index in [1.165, 1.54) is 225 Å². The average Bonchev–Trinajstić information content (AvgIpc) is 3.53. The molecule has 0 saturated heterocycles. The highest BCUT2D eigenvalue weighted by molar-refractivity contribution is 7.45. The van der Waals surface area contributed by atoms with Crippen molar-refractivity contribution in [1.82, 2.24) is 5.32 Å². The minimum Gasteiger partial charge on any atom is -0.756 e. The molecule has 0 aliphatic carbocycles. The van der Waals surface area contributed by atoms with Crippen molar-refractivity contribution in [2.45, 2.75) is 354 Å². The van der Waals surface area contributed by atoms with Crippen LogP contribution in [0.15, 0.2) is 72.9 Å². The molecule has 0 saturated carbocycles. The van der Waals surface area contributed by atoms with Gasteiger partial charge in [0.05, 0.1) is 33.8 Å². The molecule has 0 spiro atoms. The largest absolute Gasteiger partial charge is 0.756 e. The van der Waals surface area contributed by atoms with Crippen LogP contribution in [0, 0.1) is 0 Å². The number of unbranched alkanes of at least 4 members (excludes halogenated alkanes) is 40. The number of ether oxygens (including phenoxy) is 1. The van der Waals surface area contributed by atoms with E-state index in [1.807, 2.05) is 33.3 Å². The molecular formula is C75H139N2O7P. The van der Waals surface area contributed by atoms with Gasteiger partial charge in [-0.25, -0.2) is 0 Å². The average molecular weight is 1210 g/mol. The van der Waals surface area contributed by atoms with Gasteiger partial charge in [0.15, 0.2) is 0 Å². The highest BCUT2D eigenvalue weighted by atomic mass is 31.2. The zero-order valence-electron chi connectivity index (χ0n) is 56.8. The van der Waals surface area contributed by atoms with E-state index in [4.69, 9.17) is 13.8 Å². The number of carbonyl (C=O) groups excluding carboxylic acids is 2. The third kappa shape index (κ3) is 65.7. The number of hydrogen-bond acceptors (Lipinski definition) is 7. The molecule has 0 radical (unpaired) electrons. The van der Waals surface area contributed by atoms with E-state index >= 15 is 0 Å². The lowest BCUT2D eigenvalue weighted by Gasteiger charge is -2.30. The Morgan fingerprint density at radius 2 is 0.718 bits per heavy atom. The number of carbonyl (C=O) groups is 2. The van der Waals surface area contributed by atoms with Gasteiger partial charge in [-0.1, -0.05) is 299 Å². The van der Waals surface area contributed by atoms with Crippen molar-refractivity contribution in [2.24, 2.45) is 0 Å². The lowest BCUT2D eigenvalue weighted by molar-refractivity contribution is -0.870. The molecule has 0 aromatic heterocycles. The number of allylic oxidation sites excluding steroid dienone is 11. The highest BCUT2D eigenvalue weighted by Gasteiger charge is 2.27. The molecule has 1 N–H and O–H groups in total. The Hall–Kier alpha value is -2.55. The molecular weight excluding hydrogens is 1070 g/mol. The van der Waals surface area contributed by atoms with E-state index in [9.17, 15) is 19.0 Å². The topological polar surface area (TPSA) is 114 Å². The maximum atomic E-state index is 13.6. The van der Waals surface area contributed by atoms with Gasteiger partial charge in [-0.3, -0.25) is 14.2 Å². The molecule has 0 rings (SSSR count).